The van der Waals surface area contributed by atoms with Crippen LogP contribution in [0.2, 0.25) is 0 Å². The topological polar surface area (TPSA) is 146 Å². The molecule has 0 aromatic carbocycles. The Morgan fingerprint density at radius 3 is 2.21 bits per heavy atom. The second kappa shape index (κ2) is 11.7. The van der Waals surface area contributed by atoms with E-state index in [2.05, 4.69) is 10.0 Å². The lowest BCUT2D eigenvalue weighted by atomic mass is 9.98. The van der Waals surface area contributed by atoms with E-state index in [1.165, 1.54) is 6.92 Å². The molecule has 0 aliphatic carbocycles. The van der Waals surface area contributed by atoms with Crippen molar-refractivity contribution >= 4 is 46.3 Å². The van der Waals surface area contributed by atoms with Crippen molar-refractivity contribution in [2.45, 2.75) is 57.5 Å². The van der Waals surface area contributed by atoms with Crippen LogP contribution in [0.25, 0.3) is 10.4 Å². The van der Waals surface area contributed by atoms with Crippen LogP contribution in [0.15, 0.2) is 5.11 Å². The molecule has 0 N–H and O–H groups in total. The van der Waals surface area contributed by atoms with Crippen molar-refractivity contribution in [3.05, 3.63) is 10.4 Å². The first-order valence-electron chi connectivity index (χ1n) is 8.20. The fourth-order valence-corrected chi connectivity index (χ4v) is 3.74. The van der Waals surface area contributed by atoms with Crippen LogP contribution in [0.1, 0.15) is 27.7 Å². The molecule has 1 fully saturated rings. The Bertz CT molecular complexity index is 655. The number of thioether (sulfide) groups is 1. The zero-order valence-corrected chi connectivity index (χ0v) is 17.4. The molecule has 13 heteroatoms. The SMILES string of the molecule is CCOC(=S)S[C@@H]1O[C@H](COC(C)=O)[C@H](OC(C)=O)[C@H](OC(C)=O)[C@H]1N=[N+]=[N-]. The fourth-order valence-electron chi connectivity index (χ4n) is 2.41. The van der Waals surface area contributed by atoms with E-state index in [0.29, 0.717) is 6.61 Å². The van der Waals surface area contributed by atoms with Gasteiger partial charge in [-0.3, -0.25) is 14.4 Å². The summed E-state index contributed by atoms with van der Waals surface area (Å²) in [6, 6.07) is -1.09. The fraction of sp³-hybridized carbons (Fsp3) is 0.733. The lowest BCUT2D eigenvalue weighted by molar-refractivity contribution is -0.208. The molecule has 28 heavy (non-hydrogen) atoms. The first kappa shape index (κ1) is 24.0. The smallest absolute Gasteiger partial charge is 0.303 e. The number of carbonyl (C=O) groups is 3. The quantitative estimate of drug-likeness (QED) is 0.145. The van der Waals surface area contributed by atoms with Crippen molar-refractivity contribution in [3.8, 4) is 0 Å². The zero-order chi connectivity index (χ0) is 21.3. The number of thiocarbonyl (C=S) groups is 1. The van der Waals surface area contributed by atoms with Crippen LogP contribution >= 0.6 is 24.0 Å². The predicted octanol–water partition coefficient (Wildman–Crippen LogP) is 1.87. The molecule has 1 heterocycles. The highest BCUT2D eigenvalue weighted by Crippen LogP contribution is 2.35. The highest BCUT2D eigenvalue weighted by molar-refractivity contribution is 8.22. The van der Waals surface area contributed by atoms with E-state index >= 15 is 0 Å². The minimum Gasteiger partial charge on any atom is -0.479 e. The van der Waals surface area contributed by atoms with Gasteiger partial charge in [0.1, 0.15) is 24.2 Å². The van der Waals surface area contributed by atoms with E-state index < -0.39 is 47.7 Å². The van der Waals surface area contributed by atoms with Gasteiger partial charge in [0.15, 0.2) is 12.2 Å². The molecule has 0 unspecified atom stereocenters. The standard InChI is InChI=1S/C15H21N3O8S2/c1-5-22-15(27)28-14-11(17-18-16)13(25-9(4)21)12(24-8(3)20)10(26-14)6-23-7(2)19/h10-14H,5-6H2,1-4H3/t10-,11-,12+,13-,14+/m1/s1. The summed E-state index contributed by atoms with van der Waals surface area (Å²) < 4.78 is 26.6. The third-order valence-electron chi connectivity index (χ3n) is 3.33. The van der Waals surface area contributed by atoms with E-state index in [4.69, 9.17) is 41.4 Å². The molecule has 0 spiro atoms. The number of azide groups is 1. The average molecular weight is 435 g/mol. The van der Waals surface area contributed by atoms with Crippen LogP contribution < -0.4 is 0 Å². The number of carbonyl (C=O) groups excluding carboxylic acids is 3. The van der Waals surface area contributed by atoms with E-state index in [1.807, 2.05) is 0 Å². The Balaban J connectivity index is 3.27. The van der Waals surface area contributed by atoms with E-state index in [1.54, 1.807) is 6.92 Å². The van der Waals surface area contributed by atoms with Gasteiger partial charge in [-0.1, -0.05) is 5.11 Å². The summed E-state index contributed by atoms with van der Waals surface area (Å²) in [5, 5.41) is 3.64. The van der Waals surface area contributed by atoms with Crippen molar-refractivity contribution in [2.24, 2.45) is 5.11 Å². The van der Waals surface area contributed by atoms with Crippen molar-refractivity contribution in [3.63, 3.8) is 0 Å². The van der Waals surface area contributed by atoms with Gasteiger partial charge in [0.2, 0.25) is 4.38 Å². The third-order valence-corrected chi connectivity index (χ3v) is 4.67. The Kier molecular flexibility index (Phi) is 10.0. The van der Waals surface area contributed by atoms with Crippen LogP contribution in [-0.2, 0) is 38.1 Å². The number of ether oxygens (including phenoxy) is 5. The van der Waals surface area contributed by atoms with Gasteiger partial charge in [-0.05, 0) is 36.4 Å². The maximum atomic E-state index is 11.6. The summed E-state index contributed by atoms with van der Waals surface area (Å²) in [4.78, 5) is 37.1. The Morgan fingerprint density at radius 2 is 1.71 bits per heavy atom. The molecule has 0 aromatic heterocycles. The minimum absolute atomic E-state index is 0.115. The largest absolute Gasteiger partial charge is 0.479 e. The minimum atomic E-state index is -1.19. The van der Waals surface area contributed by atoms with Crippen LogP contribution in [-0.4, -0.2) is 65.3 Å². The number of hydrogen-bond donors (Lipinski definition) is 0. The normalized spacial score (nSPS) is 26.4. The van der Waals surface area contributed by atoms with E-state index in [-0.39, 0.29) is 11.0 Å². The molecule has 1 aliphatic heterocycles. The predicted molar refractivity (Wildman–Crippen MR) is 101 cm³/mol. The van der Waals surface area contributed by atoms with Crippen LogP contribution in [0, 0.1) is 0 Å². The average Bonchev–Trinajstić information content (AvgIpc) is 2.57. The molecule has 0 saturated carbocycles. The Morgan fingerprint density at radius 1 is 1.11 bits per heavy atom. The molecule has 5 atom stereocenters. The van der Waals surface area contributed by atoms with Crippen molar-refractivity contribution < 1.29 is 38.1 Å². The molecule has 0 amide bonds. The van der Waals surface area contributed by atoms with Gasteiger partial charge in [-0.25, -0.2) is 0 Å². The second-order valence-corrected chi connectivity index (χ2v) is 7.19. The van der Waals surface area contributed by atoms with Crippen LogP contribution in [0.4, 0.5) is 0 Å². The summed E-state index contributed by atoms with van der Waals surface area (Å²) in [5.41, 5.74) is 8.01. The number of rotatable bonds is 7. The van der Waals surface area contributed by atoms with Gasteiger partial charge < -0.3 is 23.7 Å². The van der Waals surface area contributed by atoms with Gasteiger partial charge >= 0.3 is 17.9 Å². The number of hydrogen-bond acceptors (Lipinski definition) is 11. The Labute approximate surface area is 171 Å². The molecule has 11 nitrogen and oxygen atoms in total. The lowest BCUT2D eigenvalue weighted by Gasteiger charge is -2.43. The molecule has 1 saturated heterocycles. The molecular formula is C15H21N3O8S2. The van der Waals surface area contributed by atoms with Gasteiger partial charge in [-0.2, -0.15) is 0 Å². The molecule has 1 rings (SSSR count). The van der Waals surface area contributed by atoms with Gasteiger partial charge in [0.05, 0.1) is 6.61 Å². The molecular weight excluding hydrogens is 414 g/mol. The molecule has 1 aliphatic rings. The van der Waals surface area contributed by atoms with Crippen molar-refractivity contribution in [1.29, 1.82) is 0 Å². The Hall–Kier alpha value is -2.08. The monoisotopic (exact) mass is 435 g/mol. The number of nitrogens with zero attached hydrogens (tertiary/aromatic N) is 3. The van der Waals surface area contributed by atoms with Crippen LogP contribution in [0.3, 0.4) is 0 Å². The molecule has 0 bridgehead atoms. The van der Waals surface area contributed by atoms with Gasteiger partial charge in [0, 0.05) is 25.7 Å². The molecule has 156 valence electrons. The highest BCUT2D eigenvalue weighted by Gasteiger charge is 2.50. The molecule has 0 aromatic rings. The van der Waals surface area contributed by atoms with Crippen molar-refractivity contribution in [2.75, 3.05) is 13.2 Å². The first-order chi connectivity index (χ1) is 13.2. The van der Waals surface area contributed by atoms with Crippen LogP contribution in [0.5, 0.6) is 0 Å². The van der Waals surface area contributed by atoms with E-state index in [0.717, 1.165) is 25.6 Å². The maximum absolute atomic E-state index is 11.6. The lowest BCUT2D eigenvalue weighted by Crippen LogP contribution is -2.60. The second-order valence-electron chi connectivity index (χ2n) is 5.49. The molecule has 0 radical (unpaired) electrons. The van der Waals surface area contributed by atoms with Crippen molar-refractivity contribution in [1.82, 2.24) is 0 Å². The maximum Gasteiger partial charge on any atom is 0.303 e. The summed E-state index contributed by atoms with van der Waals surface area (Å²) >= 11 is 6.02. The van der Waals surface area contributed by atoms with Gasteiger partial charge in [0.25, 0.3) is 0 Å². The summed E-state index contributed by atoms with van der Waals surface area (Å²) in [6.45, 7) is 5.27. The van der Waals surface area contributed by atoms with E-state index in [9.17, 15) is 14.4 Å². The summed E-state index contributed by atoms with van der Waals surface area (Å²) in [5.74, 6) is -1.96. The van der Waals surface area contributed by atoms with Gasteiger partial charge in [-0.15, -0.1) is 0 Å². The zero-order valence-electron chi connectivity index (χ0n) is 15.7. The summed E-state index contributed by atoms with van der Waals surface area (Å²) in [6.07, 6.45) is -3.36. The number of esters is 3. The highest BCUT2D eigenvalue weighted by atomic mass is 32.2. The summed E-state index contributed by atoms with van der Waals surface area (Å²) in [7, 11) is 0. The third kappa shape index (κ3) is 7.50. The first-order valence-corrected chi connectivity index (χ1v) is 9.49.